The van der Waals surface area contributed by atoms with Gasteiger partial charge in [-0.15, -0.1) is 0 Å². The van der Waals surface area contributed by atoms with Gasteiger partial charge in [0.15, 0.2) is 5.75 Å². The van der Waals surface area contributed by atoms with Crippen molar-refractivity contribution in [2.45, 2.75) is 39.3 Å². The molecule has 38 heavy (non-hydrogen) atoms. The van der Waals surface area contributed by atoms with Crippen molar-refractivity contribution in [1.82, 2.24) is 24.4 Å². The number of amides is 1. The lowest BCUT2D eigenvalue weighted by atomic mass is 10.0. The third kappa shape index (κ3) is 4.57. The summed E-state index contributed by atoms with van der Waals surface area (Å²) in [7, 11) is 0. The summed E-state index contributed by atoms with van der Waals surface area (Å²) in [5.74, 6) is -5.33. The number of benzene rings is 1. The van der Waals surface area contributed by atoms with Gasteiger partial charge in [-0.3, -0.25) is 19.1 Å². The van der Waals surface area contributed by atoms with Gasteiger partial charge in [-0.1, -0.05) is 12.1 Å². The van der Waals surface area contributed by atoms with Crippen LogP contribution >= 0.6 is 0 Å². The molecule has 1 aromatic carbocycles. The van der Waals surface area contributed by atoms with Gasteiger partial charge in [0.25, 0.3) is 17.4 Å². The number of hydrogen-bond acceptors (Lipinski definition) is 6. The van der Waals surface area contributed by atoms with E-state index in [4.69, 9.17) is 0 Å². The molecule has 0 saturated heterocycles. The van der Waals surface area contributed by atoms with Crippen LogP contribution in [-0.2, 0) is 19.5 Å². The molecule has 4 aromatic rings. The van der Waals surface area contributed by atoms with Crippen LogP contribution in [0, 0.1) is 19.7 Å². The number of rotatable bonds is 6. The van der Waals surface area contributed by atoms with Gasteiger partial charge >= 0.3 is 0 Å². The number of hydrogen-bond donors (Lipinski definition) is 3. The standard InChI is InChI=1S/C26H25F3N6O3/c1-14-15(2)34(13-33-14)8-7-30-24(37)19-23(36)21-22-20(32-11-26(28,29)12-35(22)25(19)38)17(10-31-21)9-16-3-5-18(27)6-4-16/h3-6,10,13,32,36H,7-9,11-12H2,1-2H3,(H,30,37). The van der Waals surface area contributed by atoms with E-state index in [0.29, 0.717) is 17.7 Å². The molecule has 5 rings (SSSR count). The van der Waals surface area contributed by atoms with E-state index in [0.717, 1.165) is 16.0 Å². The van der Waals surface area contributed by atoms with E-state index in [2.05, 4.69) is 20.6 Å². The van der Waals surface area contributed by atoms with E-state index in [-0.39, 0.29) is 29.7 Å². The number of anilines is 1. The Labute approximate surface area is 215 Å². The molecule has 3 N–H and O–H groups in total. The predicted molar refractivity (Wildman–Crippen MR) is 134 cm³/mol. The second kappa shape index (κ2) is 9.51. The van der Waals surface area contributed by atoms with Crippen molar-refractivity contribution >= 4 is 22.6 Å². The van der Waals surface area contributed by atoms with E-state index in [1.54, 1.807) is 18.5 Å². The number of carbonyl (C=O) groups is 1. The number of imidazole rings is 1. The van der Waals surface area contributed by atoms with Gasteiger partial charge in [-0.05, 0) is 31.5 Å². The molecule has 198 valence electrons. The first-order valence-corrected chi connectivity index (χ1v) is 12.0. The van der Waals surface area contributed by atoms with Crippen LogP contribution in [0.25, 0.3) is 11.0 Å². The van der Waals surface area contributed by atoms with Crippen molar-refractivity contribution < 1.29 is 23.1 Å². The van der Waals surface area contributed by atoms with Crippen LogP contribution in [0.15, 0.2) is 41.6 Å². The molecule has 12 heteroatoms. The first kappa shape index (κ1) is 25.3. The fraction of sp³-hybridized carbons (Fsp3) is 0.308. The van der Waals surface area contributed by atoms with Crippen LogP contribution in [0.5, 0.6) is 5.75 Å². The van der Waals surface area contributed by atoms with Crippen molar-refractivity contribution in [3.8, 4) is 5.75 Å². The van der Waals surface area contributed by atoms with E-state index < -0.39 is 47.6 Å². The van der Waals surface area contributed by atoms with Gasteiger partial charge in [0, 0.05) is 37.0 Å². The van der Waals surface area contributed by atoms with Gasteiger partial charge in [0.2, 0.25) is 0 Å². The highest BCUT2D eigenvalue weighted by molar-refractivity contribution is 6.04. The fourth-order valence-electron chi connectivity index (χ4n) is 4.59. The summed E-state index contributed by atoms with van der Waals surface area (Å²) in [4.78, 5) is 34.8. The molecule has 1 aliphatic heterocycles. The van der Waals surface area contributed by atoms with Crippen LogP contribution in [0.3, 0.4) is 0 Å². The maximum absolute atomic E-state index is 14.7. The second-order valence-electron chi connectivity index (χ2n) is 9.35. The number of aromatic nitrogens is 4. The number of nitrogens with zero attached hydrogens (tertiary/aromatic N) is 4. The SMILES string of the molecule is Cc1ncn(CCNC(=O)c2c(O)c3ncc(Cc4ccc(F)cc4)c4c3n(c2=O)CC(F)(F)CN4)c1C. The van der Waals surface area contributed by atoms with Crippen molar-refractivity contribution in [2.24, 2.45) is 0 Å². The smallest absolute Gasteiger partial charge is 0.282 e. The molecule has 0 unspecified atom stereocenters. The van der Waals surface area contributed by atoms with Gasteiger partial charge in [-0.25, -0.2) is 18.2 Å². The highest BCUT2D eigenvalue weighted by atomic mass is 19.3. The molecule has 0 radical (unpaired) electrons. The number of halogens is 3. The molecule has 1 amide bonds. The van der Waals surface area contributed by atoms with Crippen molar-refractivity contribution in [3.63, 3.8) is 0 Å². The quantitative estimate of drug-likeness (QED) is 0.356. The molecule has 9 nitrogen and oxygen atoms in total. The summed E-state index contributed by atoms with van der Waals surface area (Å²) < 4.78 is 45.5. The average molecular weight is 527 g/mol. The summed E-state index contributed by atoms with van der Waals surface area (Å²) >= 11 is 0. The predicted octanol–water partition coefficient (Wildman–Crippen LogP) is 3.14. The maximum Gasteiger partial charge on any atom is 0.282 e. The Morgan fingerprint density at radius 3 is 2.63 bits per heavy atom. The summed E-state index contributed by atoms with van der Waals surface area (Å²) in [5.41, 5.74) is 1.23. The molecular weight excluding hydrogens is 501 g/mol. The molecule has 1 aliphatic rings. The molecule has 4 heterocycles. The monoisotopic (exact) mass is 526 g/mol. The van der Waals surface area contributed by atoms with Crippen molar-refractivity contribution in [1.29, 1.82) is 0 Å². The lowest BCUT2D eigenvalue weighted by molar-refractivity contribution is -0.000937. The van der Waals surface area contributed by atoms with Gasteiger partial charge in [-0.2, -0.15) is 0 Å². The van der Waals surface area contributed by atoms with E-state index in [1.807, 2.05) is 18.4 Å². The number of aromatic hydroxyl groups is 1. The highest BCUT2D eigenvalue weighted by Crippen LogP contribution is 2.36. The molecule has 0 saturated carbocycles. The summed E-state index contributed by atoms with van der Waals surface area (Å²) in [6.45, 7) is 2.43. The molecule has 0 bridgehead atoms. The van der Waals surface area contributed by atoms with E-state index >= 15 is 0 Å². The van der Waals surface area contributed by atoms with Crippen LogP contribution < -0.4 is 16.2 Å². The summed E-state index contributed by atoms with van der Waals surface area (Å²) in [6.07, 6.45) is 3.22. The minimum atomic E-state index is -3.33. The topological polar surface area (TPSA) is 114 Å². The molecule has 0 atom stereocenters. The summed E-state index contributed by atoms with van der Waals surface area (Å²) in [6, 6.07) is 5.68. The Morgan fingerprint density at radius 1 is 1.21 bits per heavy atom. The third-order valence-electron chi connectivity index (χ3n) is 6.75. The number of alkyl halides is 2. The minimum absolute atomic E-state index is 0.0228. The molecule has 0 spiro atoms. The normalized spacial score (nSPS) is 14.2. The first-order chi connectivity index (χ1) is 18.1. The molecular formula is C26H25F3N6O3. The lowest BCUT2D eigenvalue weighted by Crippen LogP contribution is -2.38. The zero-order valence-electron chi connectivity index (χ0n) is 20.7. The zero-order valence-corrected chi connectivity index (χ0v) is 20.7. The van der Waals surface area contributed by atoms with Crippen LogP contribution in [0.2, 0.25) is 0 Å². The van der Waals surface area contributed by atoms with Crippen LogP contribution in [0.1, 0.15) is 32.9 Å². The number of pyridine rings is 2. The Balaban J connectivity index is 1.55. The van der Waals surface area contributed by atoms with Crippen molar-refractivity contribution in [2.75, 3.05) is 18.4 Å². The van der Waals surface area contributed by atoms with Gasteiger partial charge in [0.05, 0.1) is 36.3 Å². The highest BCUT2D eigenvalue weighted by Gasteiger charge is 2.37. The first-order valence-electron chi connectivity index (χ1n) is 12.0. The second-order valence-corrected chi connectivity index (χ2v) is 9.35. The maximum atomic E-state index is 14.7. The third-order valence-corrected chi connectivity index (χ3v) is 6.75. The Kier molecular flexibility index (Phi) is 6.33. The number of aryl methyl sites for hydroxylation is 1. The molecule has 3 aromatic heterocycles. The number of carbonyl (C=O) groups excluding carboxylic acids is 1. The van der Waals surface area contributed by atoms with E-state index in [1.165, 1.54) is 18.3 Å². The Bertz CT molecular complexity index is 1610. The Morgan fingerprint density at radius 2 is 1.95 bits per heavy atom. The van der Waals surface area contributed by atoms with Crippen LogP contribution in [-0.4, -0.2) is 49.1 Å². The lowest BCUT2D eigenvalue weighted by Gasteiger charge is -2.17. The van der Waals surface area contributed by atoms with Crippen LogP contribution in [0.4, 0.5) is 18.9 Å². The fourth-order valence-corrected chi connectivity index (χ4v) is 4.59. The molecule has 0 aliphatic carbocycles. The average Bonchev–Trinajstić information content (AvgIpc) is 3.10. The largest absolute Gasteiger partial charge is 0.505 e. The Hall–Kier alpha value is -4.35. The van der Waals surface area contributed by atoms with Gasteiger partial charge in [0.1, 0.15) is 16.9 Å². The van der Waals surface area contributed by atoms with Gasteiger partial charge < -0.3 is 20.3 Å². The zero-order chi connectivity index (χ0) is 27.2. The molecule has 0 fully saturated rings. The number of nitrogens with one attached hydrogen (secondary N) is 2. The minimum Gasteiger partial charge on any atom is -0.505 e. The van der Waals surface area contributed by atoms with Crippen molar-refractivity contribution in [3.05, 3.63) is 81.0 Å². The summed E-state index contributed by atoms with van der Waals surface area (Å²) in [5, 5.41) is 16.2. The van der Waals surface area contributed by atoms with E-state index in [9.17, 15) is 27.9 Å².